The predicted molar refractivity (Wildman–Crippen MR) is 93.6 cm³/mol. The molecule has 0 rings (SSSR count). The zero-order valence-electron chi connectivity index (χ0n) is 15.3. The van der Waals surface area contributed by atoms with E-state index in [-0.39, 0.29) is 12.3 Å². The van der Waals surface area contributed by atoms with Crippen molar-refractivity contribution >= 4 is 11.9 Å². The van der Waals surface area contributed by atoms with Crippen molar-refractivity contribution in [3.8, 4) is 0 Å². The van der Waals surface area contributed by atoms with Crippen molar-refractivity contribution in [1.29, 1.82) is 0 Å². The third kappa shape index (κ3) is 7.85. The van der Waals surface area contributed by atoms with Gasteiger partial charge in [0.15, 0.2) is 0 Å². The van der Waals surface area contributed by atoms with Gasteiger partial charge in [-0.3, -0.25) is 9.59 Å². The Morgan fingerprint density at radius 1 is 0.913 bits per heavy atom. The van der Waals surface area contributed by atoms with Gasteiger partial charge in [-0.1, -0.05) is 65.7 Å². The highest BCUT2D eigenvalue weighted by Crippen LogP contribution is 2.42. The van der Waals surface area contributed by atoms with Gasteiger partial charge < -0.3 is 10.2 Å². The van der Waals surface area contributed by atoms with Crippen molar-refractivity contribution in [2.24, 2.45) is 11.3 Å². The van der Waals surface area contributed by atoms with E-state index in [4.69, 9.17) is 5.11 Å². The first kappa shape index (κ1) is 21.9. The van der Waals surface area contributed by atoms with Gasteiger partial charge in [0.25, 0.3) is 0 Å². The van der Waals surface area contributed by atoms with Crippen molar-refractivity contribution in [2.45, 2.75) is 97.8 Å². The van der Waals surface area contributed by atoms with Gasteiger partial charge in [-0.15, -0.1) is 0 Å². The van der Waals surface area contributed by atoms with E-state index in [0.29, 0.717) is 12.8 Å². The minimum absolute atomic E-state index is 0.191. The fraction of sp³-hybridized carbons (Fsp3) is 0.895. The molecule has 4 nitrogen and oxygen atoms in total. The maximum absolute atomic E-state index is 12.0. The van der Waals surface area contributed by atoms with E-state index in [2.05, 4.69) is 13.8 Å². The van der Waals surface area contributed by atoms with Crippen LogP contribution >= 0.6 is 0 Å². The van der Waals surface area contributed by atoms with E-state index in [9.17, 15) is 14.7 Å². The monoisotopic (exact) mass is 328 g/mol. The van der Waals surface area contributed by atoms with Gasteiger partial charge in [0, 0.05) is 6.42 Å². The van der Waals surface area contributed by atoms with Crippen LogP contribution < -0.4 is 0 Å². The van der Waals surface area contributed by atoms with Crippen LogP contribution in [0.15, 0.2) is 0 Å². The van der Waals surface area contributed by atoms with E-state index in [1.54, 1.807) is 0 Å². The molecule has 0 fully saturated rings. The summed E-state index contributed by atoms with van der Waals surface area (Å²) in [5, 5.41) is 18.6. The van der Waals surface area contributed by atoms with Crippen molar-refractivity contribution in [1.82, 2.24) is 0 Å². The number of unbranched alkanes of at least 4 members (excludes halogenated alkanes) is 5. The molecule has 4 heteroatoms. The third-order valence-electron chi connectivity index (χ3n) is 5.25. The lowest BCUT2D eigenvalue weighted by molar-refractivity contribution is -0.154. The van der Waals surface area contributed by atoms with E-state index in [1.165, 1.54) is 6.42 Å². The molecule has 0 radical (unpaired) electrons. The van der Waals surface area contributed by atoms with Crippen LogP contribution in [0, 0.1) is 11.3 Å². The molecule has 0 saturated carbocycles. The molecule has 2 N–H and O–H groups in total. The Morgan fingerprint density at radius 3 is 2.04 bits per heavy atom. The lowest BCUT2D eigenvalue weighted by Crippen LogP contribution is -2.38. The molecule has 0 heterocycles. The summed E-state index contributed by atoms with van der Waals surface area (Å²) in [6.45, 7) is 6.25. The standard InChI is InChI=1S/C19H36O4/c1-4-7-8-12-15-19(6-3,18(22)23)16(5-2)13-10-9-11-14-17(20)21/h16H,4-15H2,1-3H3,(H,20,21)(H,22,23). The predicted octanol–water partition coefficient (Wildman–Crippen LogP) is 5.50. The average Bonchev–Trinajstić information content (AvgIpc) is 2.51. The topological polar surface area (TPSA) is 74.6 Å². The molecular weight excluding hydrogens is 292 g/mol. The summed E-state index contributed by atoms with van der Waals surface area (Å²) in [6.07, 6.45) is 10.4. The van der Waals surface area contributed by atoms with Gasteiger partial charge in [0.05, 0.1) is 5.41 Å². The highest BCUT2D eigenvalue weighted by atomic mass is 16.4. The van der Waals surface area contributed by atoms with Crippen LogP contribution in [-0.2, 0) is 9.59 Å². The van der Waals surface area contributed by atoms with Crippen molar-refractivity contribution in [2.75, 3.05) is 0 Å². The second kappa shape index (κ2) is 12.4. The number of carbonyl (C=O) groups is 2. The second-order valence-corrected chi connectivity index (χ2v) is 6.72. The summed E-state index contributed by atoms with van der Waals surface area (Å²) in [5.74, 6) is -1.20. The van der Waals surface area contributed by atoms with Crippen molar-refractivity contribution in [3.05, 3.63) is 0 Å². The fourth-order valence-electron chi connectivity index (χ4n) is 3.68. The van der Waals surface area contributed by atoms with Crippen LogP contribution in [0.1, 0.15) is 97.8 Å². The number of hydrogen-bond donors (Lipinski definition) is 2. The summed E-state index contributed by atoms with van der Waals surface area (Å²) >= 11 is 0. The first-order chi connectivity index (χ1) is 10.9. The summed E-state index contributed by atoms with van der Waals surface area (Å²) < 4.78 is 0. The molecule has 0 aromatic rings. The molecule has 0 amide bonds. The molecule has 136 valence electrons. The molecule has 0 aliphatic heterocycles. The zero-order valence-corrected chi connectivity index (χ0v) is 15.3. The lowest BCUT2D eigenvalue weighted by Gasteiger charge is -2.36. The smallest absolute Gasteiger partial charge is 0.309 e. The highest BCUT2D eigenvalue weighted by molar-refractivity contribution is 5.75. The molecule has 0 saturated heterocycles. The van der Waals surface area contributed by atoms with E-state index >= 15 is 0 Å². The van der Waals surface area contributed by atoms with E-state index < -0.39 is 17.4 Å². The van der Waals surface area contributed by atoms with Crippen LogP contribution in [-0.4, -0.2) is 22.2 Å². The molecule has 0 spiro atoms. The first-order valence-electron chi connectivity index (χ1n) is 9.39. The fourth-order valence-corrected chi connectivity index (χ4v) is 3.68. The summed E-state index contributed by atoms with van der Waals surface area (Å²) in [5.41, 5.74) is -0.602. The summed E-state index contributed by atoms with van der Waals surface area (Å²) in [4.78, 5) is 22.6. The van der Waals surface area contributed by atoms with E-state index in [0.717, 1.165) is 51.4 Å². The SMILES string of the molecule is CCCCCCC(CC)(C(=O)O)C(CC)CCCCCC(=O)O. The molecule has 0 aliphatic rings. The highest BCUT2D eigenvalue weighted by Gasteiger charge is 2.42. The van der Waals surface area contributed by atoms with Gasteiger partial charge >= 0.3 is 11.9 Å². The minimum atomic E-state index is -0.749. The van der Waals surface area contributed by atoms with Crippen LogP contribution in [0.4, 0.5) is 0 Å². The molecule has 0 aromatic heterocycles. The van der Waals surface area contributed by atoms with Crippen LogP contribution in [0.5, 0.6) is 0 Å². The number of carboxylic acids is 2. The Morgan fingerprint density at radius 2 is 1.57 bits per heavy atom. The zero-order chi connectivity index (χ0) is 17.7. The first-order valence-corrected chi connectivity index (χ1v) is 9.39. The van der Waals surface area contributed by atoms with Crippen molar-refractivity contribution in [3.63, 3.8) is 0 Å². The molecule has 2 atom stereocenters. The third-order valence-corrected chi connectivity index (χ3v) is 5.25. The lowest BCUT2D eigenvalue weighted by atomic mass is 9.67. The van der Waals surface area contributed by atoms with Gasteiger partial charge in [-0.25, -0.2) is 0 Å². The largest absolute Gasteiger partial charge is 0.481 e. The van der Waals surface area contributed by atoms with Gasteiger partial charge in [0.1, 0.15) is 0 Å². The molecule has 2 unspecified atom stereocenters. The van der Waals surface area contributed by atoms with Crippen LogP contribution in [0.25, 0.3) is 0 Å². The normalized spacial score (nSPS) is 15.1. The van der Waals surface area contributed by atoms with Crippen molar-refractivity contribution < 1.29 is 19.8 Å². The molecule has 23 heavy (non-hydrogen) atoms. The number of carboxylic acid groups (broad SMARTS) is 2. The maximum atomic E-state index is 12.0. The Hall–Kier alpha value is -1.06. The minimum Gasteiger partial charge on any atom is -0.481 e. The summed E-state index contributed by atoms with van der Waals surface area (Å²) in [6, 6.07) is 0. The number of hydrogen-bond acceptors (Lipinski definition) is 2. The molecular formula is C19H36O4. The van der Waals surface area contributed by atoms with E-state index in [1.807, 2.05) is 6.92 Å². The molecule has 0 bridgehead atoms. The Labute approximate surface area is 141 Å². The van der Waals surface area contributed by atoms with Gasteiger partial charge in [-0.05, 0) is 31.6 Å². The average molecular weight is 328 g/mol. The molecule has 0 aromatic carbocycles. The van der Waals surface area contributed by atoms with Crippen LogP contribution in [0.2, 0.25) is 0 Å². The number of aliphatic carboxylic acids is 2. The Bertz CT molecular complexity index is 340. The summed E-state index contributed by atoms with van der Waals surface area (Å²) in [7, 11) is 0. The maximum Gasteiger partial charge on any atom is 0.309 e. The number of rotatable bonds is 15. The van der Waals surface area contributed by atoms with Gasteiger partial charge in [0.2, 0.25) is 0 Å². The second-order valence-electron chi connectivity index (χ2n) is 6.72. The van der Waals surface area contributed by atoms with Gasteiger partial charge in [-0.2, -0.15) is 0 Å². The molecule has 0 aliphatic carbocycles. The van der Waals surface area contributed by atoms with Crippen LogP contribution in [0.3, 0.4) is 0 Å². The Balaban J connectivity index is 4.62. The quantitative estimate of drug-likeness (QED) is 0.389. The Kier molecular flexibility index (Phi) is 11.8.